The molecule has 0 unspecified atom stereocenters. The van der Waals surface area contributed by atoms with Gasteiger partial charge in [-0.3, -0.25) is 20.2 Å². The summed E-state index contributed by atoms with van der Waals surface area (Å²) in [6.45, 7) is 4.26. The number of nitrogens with zero attached hydrogens (tertiary/aromatic N) is 1. The minimum absolute atomic E-state index is 0.0822. The van der Waals surface area contributed by atoms with E-state index in [1.807, 2.05) is 36.9 Å². The van der Waals surface area contributed by atoms with Gasteiger partial charge in [-0.25, -0.2) is 9.18 Å². The number of barbiturate groups is 1. The summed E-state index contributed by atoms with van der Waals surface area (Å²) in [5, 5.41) is 4.54. The van der Waals surface area contributed by atoms with E-state index in [1.54, 1.807) is 18.2 Å². The van der Waals surface area contributed by atoms with Crippen LogP contribution in [-0.2, 0) is 20.7 Å². The van der Waals surface area contributed by atoms with Crippen LogP contribution in [0.4, 0.5) is 14.9 Å². The Hall–Kier alpha value is -3.26. The van der Waals surface area contributed by atoms with E-state index in [9.17, 15) is 18.8 Å². The molecule has 0 aromatic heterocycles. The van der Waals surface area contributed by atoms with E-state index in [-0.39, 0.29) is 18.3 Å². The number of urea groups is 1. The Morgan fingerprint density at radius 1 is 1.06 bits per heavy atom. The lowest BCUT2D eigenvalue weighted by Gasteiger charge is -2.55. The summed E-state index contributed by atoms with van der Waals surface area (Å²) < 4.78 is 20.4. The number of carbonyl (C=O) groups excluding carboxylic acids is 3. The van der Waals surface area contributed by atoms with Crippen molar-refractivity contribution in [3.63, 3.8) is 0 Å². The number of carbonyl (C=O) groups is 3. The minimum atomic E-state index is -1.53. The second-order valence-corrected chi connectivity index (χ2v) is 8.46. The number of ether oxygens (including phenoxy) is 1. The van der Waals surface area contributed by atoms with Crippen LogP contribution in [0.1, 0.15) is 19.4 Å². The summed E-state index contributed by atoms with van der Waals surface area (Å²) >= 11 is 0. The van der Waals surface area contributed by atoms with Gasteiger partial charge in [0.15, 0.2) is 5.41 Å². The van der Waals surface area contributed by atoms with E-state index in [4.69, 9.17) is 4.74 Å². The Morgan fingerprint density at radius 2 is 1.77 bits per heavy atom. The first-order valence-corrected chi connectivity index (χ1v) is 10.3. The molecule has 5 rings (SSSR count). The third kappa shape index (κ3) is 2.85. The molecule has 0 aliphatic carbocycles. The van der Waals surface area contributed by atoms with E-state index < -0.39 is 35.4 Å². The number of morpholine rings is 1. The lowest BCUT2D eigenvalue weighted by atomic mass is 9.66. The van der Waals surface area contributed by atoms with E-state index in [0.717, 1.165) is 11.3 Å². The fourth-order valence-corrected chi connectivity index (χ4v) is 5.31. The lowest BCUT2D eigenvalue weighted by molar-refractivity contribution is -0.153. The molecule has 2 saturated heterocycles. The zero-order chi connectivity index (χ0) is 21.9. The van der Waals surface area contributed by atoms with E-state index in [0.29, 0.717) is 17.7 Å². The second kappa shape index (κ2) is 6.88. The molecule has 160 valence electrons. The van der Waals surface area contributed by atoms with Crippen molar-refractivity contribution >= 4 is 23.5 Å². The first-order chi connectivity index (χ1) is 14.8. The summed E-state index contributed by atoms with van der Waals surface area (Å²) in [4.78, 5) is 40.1. The molecular formula is C23H22FN3O4. The topological polar surface area (TPSA) is 87.7 Å². The highest BCUT2D eigenvalue weighted by molar-refractivity contribution is 6.20. The number of hydrogen-bond donors (Lipinski definition) is 2. The molecule has 8 heteroatoms. The Kier molecular flexibility index (Phi) is 4.37. The van der Waals surface area contributed by atoms with Crippen LogP contribution in [0.15, 0.2) is 42.5 Å². The number of amides is 4. The number of imide groups is 2. The fraction of sp³-hybridized carbons (Fsp3) is 0.348. The van der Waals surface area contributed by atoms with Gasteiger partial charge in [0.2, 0.25) is 11.8 Å². The standard InChI is InChI=1S/C23H22FN3O4/c1-12-11-27-18-8-7-14(16-5-3-4-6-17(16)24)9-15(18)10-23(19(27)13(2)31-12)20(28)25-22(30)26-21(23)29/h3-9,12-13,19H,10-11H2,1-2H3,(H2,25,26,28,29,30)/t12-,13+,19-/m1/s1. The molecule has 0 bridgehead atoms. The molecule has 2 fully saturated rings. The van der Waals surface area contributed by atoms with Crippen LogP contribution in [-0.4, -0.2) is 42.6 Å². The maximum absolute atomic E-state index is 14.4. The molecular weight excluding hydrogens is 401 g/mol. The van der Waals surface area contributed by atoms with Gasteiger partial charge in [0.25, 0.3) is 0 Å². The number of nitrogens with one attached hydrogen (secondary N) is 2. The first kappa shape index (κ1) is 19.7. The Morgan fingerprint density at radius 3 is 2.48 bits per heavy atom. The molecule has 2 N–H and O–H groups in total. The van der Waals surface area contributed by atoms with Crippen LogP contribution in [0.25, 0.3) is 11.1 Å². The first-order valence-electron chi connectivity index (χ1n) is 10.3. The number of anilines is 1. The molecule has 1 spiro atoms. The summed E-state index contributed by atoms with van der Waals surface area (Å²) in [7, 11) is 0. The van der Waals surface area contributed by atoms with Crippen LogP contribution in [0.2, 0.25) is 0 Å². The maximum Gasteiger partial charge on any atom is 0.328 e. The predicted octanol–water partition coefficient (Wildman–Crippen LogP) is 2.38. The highest BCUT2D eigenvalue weighted by atomic mass is 19.1. The average Bonchev–Trinajstić information content (AvgIpc) is 2.71. The molecule has 3 heterocycles. The molecule has 3 aliphatic rings. The quantitative estimate of drug-likeness (QED) is 0.688. The monoisotopic (exact) mass is 423 g/mol. The van der Waals surface area contributed by atoms with Crippen LogP contribution < -0.4 is 15.5 Å². The lowest BCUT2D eigenvalue weighted by Crippen LogP contribution is -2.75. The smallest absolute Gasteiger partial charge is 0.328 e. The van der Waals surface area contributed by atoms with Crippen LogP contribution in [0, 0.1) is 11.2 Å². The normalized spacial score (nSPS) is 26.7. The largest absolute Gasteiger partial charge is 0.372 e. The number of fused-ring (bicyclic) bond motifs is 4. The van der Waals surface area contributed by atoms with Crippen molar-refractivity contribution in [2.75, 3.05) is 11.4 Å². The van der Waals surface area contributed by atoms with Gasteiger partial charge in [0, 0.05) is 17.8 Å². The molecule has 3 aliphatic heterocycles. The number of halogens is 1. The highest BCUT2D eigenvalue weighted by Crippen LogP contribution is 2.47. The van der Waals surface area contributed by atoms with Crippen LogP contribution in [0.5, 0.6) is 0 Å². The zero-order valence-electron chi connectivity index (χ0n) is 17.1. The van der Waals surface area contributed by atoms with Crippen molar-refractivity contribution in [1.82, 2.24) is 10.6 Å². The van der Waals surface area contributed by atoms with Crippen LogP contribution >= 0.6 is 0 Å². The summed E-state index contributed by atoms with van der Waals surface area (Å²) in [6, 6.07) is 10.6. The molecule has 2 aromatic rings. The van der Waals surface area contributed by atoms with Crippen molar-refractivity contribution in [2.45, 2.75) is 38.5 Å². The third-order valence-electron chi connectivity index (χ3n) is 6.49. The van der Waals surface area contributed by atoms with E-state index >= 15 is 0 Å². The Bertz CT molecular complexity index is 1100. The molecule has 0 saturated carbocycles. The van der Waals surface area contributed by atoms with Gasteiger partial charge in [-0.05, 0) is 49.6 Å². The van der Waals surface area contributed by atoms with Gasteiger partial charge in [-0.2, -0.15) is 0 Å². The summed E-state index contributed by atoms with van der Waals surface area (Å²) in [5.74, 6) is -1.62. The summed E-state index contributed by atoms with van der Waals surface area (Å²) in [6.07, 6.45) is -0.455. The number of hydrogen-bond acceptors (Lipinski definition) is 5. The van der Waals surface area contributed by atoms with Crippen LogP contribution in [0.3, 0.4) is 0 Å². The Balaban J connectivity index is 1.69. The molecule has 3 atom stereocenters. The molecule has 7 nitrogen and oxygen atoms in total. The van der Waals surface area contributed by atoms with E-state index in [2.05, 4.69) is 10.6 Å². The maximum atomic E-state index is 14.4. The SMILES string of the molecule is C[C@@H]1CN2c3ccc(-c4ccccc4F)cc3CC3(C(=O)NC(=O)NC3=O)[C@H]2[C@H](C)O1. The van der Waals surface area contributed by atoms with Crippen molar-refractivity contribution in [2.24, 2.45) is 5.41 Å². The van der Waals surface area contributed by atoms with Crippen molar-refractivity contribution in [1.29, 1.82) is 0 Å². The van der Waals surface area contributed by atoms with Gasteiger partial charge < -0.3 is 9.64 Å². The zero-order valence-corrected chi connectivity index (χ0v) is 17.1. The summed E-state index contributed by atoms with van der Waals surface area (Å²) in [5.41, 5.74) is 1.20. The molecule has 31 heavy (non-hydrogen) atoms. The predicted molar refractivity (Wildman–Crippen MR) is 111 cm³/mol. The minimum Gasteiger partial charge on any atom is -0.372 e. The van der Waals surface area contributed by atoms with Crippen molar-refractivity contribution in [3.8, 4) is 11.1 Å². The van der Waals surface area contributed by atoms with Gasteiger partial charge >= 0.3 is 6.03 Å². The van der Waals surface area contributed by atoms with Gasteiger partial charge in [-0.15, -0.1) is 0 Å². The third-order valence-corrected chi connectivity index (χ3v) is 6.49. The molecule has 4 amide bonds. The van der Waals surface area contributed by atoms with Gasteiger partial charge in [0.1, 0.15) is 5.82 Å². The van der Waals surface area contributed by atoms with Gasteiger partial charge in [0.05, 0.1) is 18.2 Å². The van der Waals surface area contributed by atoms with Gasteiger partial charge in [-0.1, -0.05) is 24.3 Å². The highest BCUT2D eigenvalue weighted by Gasteiger charge is 2.62. The molecule has 0 radical (unpaired) electrons. The van der Waals surface area contributed by atoms with Crippen molar-refractivity contribution in [3.05, 3.63) is 53.8 Å². The van der Waals surface area contributed by atoms with Crippen molar-refractivity contribution < 1.29 is 23.5 Å². The number of benzene rings is 2. The Labute approximate surface area is 178 Å². The molecule has 2 aromatic carbocycles. The number of rotatable bonds is 1. The average molecular weight is 423 g/mol. The second-order valence-electron chi connectivity index (χ2n) is 8.46. The fourth-order valence-electron chi connectivity index (χ4n) is 5.31. The van der Waals surface area contributed by atoms with E-state index in [1.165, 1.54) is 6.07 Å².